The summed E-state index contributed by atoms with van der Waals surface area (Å²) in [6.07, 6.45) is 0. The molecule has 0 amide bonds. The normalized spacial score (nSPS) is 12.6. The topological polar surface area (TPSA) is 42.7 Å². The molecule has 1 N–H and O–H groups in total. The molecule has 5 heteroatoms. The predicted molar refractivity (Wildman–Crippen MR) is 112 cm³/mol. The molecule has 0 saturated carbocycles. The first-order chi connectivity index (χ1) is 13.1. The van der Waals surface area contributed by atoms with Crippen LogP contribution in [0.2, 0.25) is 0 Å². The van der Waals surface area contributed by atoms with Gasteiger partial charge >= 0.3 is 0 Å². The number of hydrogen-bond acceptors (Lipinski definition) is 4. The minimum atomic E-state index is 0.207. The Morgan fingerprint density at radius 3 is 2.56 bits per heavy atom. The Kier molecular flexibility index (Phi) is 5.05. The molecule has 1 atom stereocenters. The Labute approximate surface area is 163 Å². The van der Waals surface area contributed by atoms with E-state index in [2.05, 4.69) is 73.2 Å². The highest BCUT2D eigenvalue weighted by atomic mass is 32.1. The molecule has 2 aromatic heterocycles. The van der Waals surface area contributed by atoms with Crippen LogP contribution in [0.3, 0.4) is 0 Å². The van der Waals surface area contributed by atoms with Crippen LogP contribution in [0.1, 0.15) is 40.5 Å². The molecule has 4 aromatic rings. The van der Waals surface area contributed by atoms with Gasteiger partial charge in [0.1, 0.15) is 5.01 Å². The minimum Gasteiger partial charge on any atom is -0.304 e. The molecule has 0 spiro atoms. The molecule has 0 saturated heterocycles. The zero-order valence-electron chi connectivity index (χ0n) is 15.9. The molecule has 0 aliphatic heterocycles. The van der Waals surface area contributed by atoms with E-state index in [1.54, 1.807) is 11.3 Å². The summed E-state index contributed by atoms with van der Waals surface area (Å²) < 4.78 is 3.34. The number of fused-ring (bicyclic) bond motifs is 1. The molecule has 27 heavy (non-hydrogen) atoms. The lowest BCUT2D eigenvalue weighted by Crippen LogP contribution is -2.18. The van der Waals surface area contributed by atoms with Crippen molar-refractivity contribution in [3.8, 4) is 0 Å². The summed E-state index contributed by atoms with van der Waals surface area (Å²) in [4.78, 5) is 4.77. The zero-order valence-corrected chi connectivity index (χ0v) is 16.8. The number of nitrogens with one attached hydrogen (secondary N) is 1. The van der Waals surface area contributed by atoms with E-state index in [1.807, 2.05) is 12.1 Å². The second-order valence-corrected chi connectivity index (χ2v) is 7.98. The minimum absolute atomic E-state index is 0.207. The van der Waals surface area contributed by atoms with E-state index in [4.69, 9.17) is 10.1 Å². The summed E-state index contributed by atoms with van der Waals surface area (Å²) in [5, 5.41) is 9.51. The van der Waals surface area contributed by atoms with E-state index >= 15 is 0 Å². The van der Waals surface area contributed by atoms with Crippen molar-refractivity contribution in [2.45, 2.75) is 39.9 Å². The van der Waals surface area contributed by atoms with Crippen LogP contribution in [0.5, 0.6) is 0 Å². The van der Waals surface area contributed by atoms with Crippen molar-refractivity contribution in [3.63, 3.8) is 0 Å². The van der Waals surface area contributed by atoms with Crippen LogP contribution in [0, 0.1) is 13.8 Å². The fourth-order valence-corrected chi connectivity index (χ4v) is 4.31. The van der Waals surface area contributed by atoms with Crippen LogP contribution < -0.4 is 5.32 Å². The zero-order chi connectivity index (χ0) is 18.8. The van der Waals surface area contributed by atoms with E-state index in [-0.39, 0.29) is 6.04 Å². The molecule has 4 nitrogen and oxygen atoms in total. The third kappa shape index (κ3) is 3.80. The standard InChI is InChI=1S/C22H24N4S/c1-15-19(17(3)26(25-15)14-18-9-5-4-6-10-18)13-23-16(2)22-24-20-11-7-8-12-21(20)27-22/h4-12,16,23H,13-14H2,1-3H3. The Morgan fingerprint density at radius 2 is 1.78 bits per heavy atom. The number of aromatic nitrogens is 3. The van der Waals surface area contributed by atoms with Crippen LogP contribution in [-0.4, -0.2) is 14.8 Å². The Hall–Kier alpha value is -2.50. The molecule has 2 heterocycles. The first-order valence-electron chi connectivity index (χ1n) is 9.27. The van der Waals surface area contributed by atoms with Crippen LogP contribution in [-0.2, 0) is 13.1 Å². The van der Waals surface area contributed by atoms with E-state index in [9.17, 15) is 0 Å². The lowest BCUT2D eigenvalue weighted by atomic mass is 10.2. The predicted octanol–water partition coefficient (Wildman–Crippen LogP) is 5.01. The number of rotatable bonds is 6. The molecule has 0 radical (unpaired) electrons. The summed E-state index contributed by atoms with van der Waals surface area (Å²) >= 11 is 1.76. The van der Waals surface area contributed by atoms with Gasteiger partial charge in [0.2, 0.25) is 0 Å². The average Bonchev–Trinajstić information content (AvgIpc) is 3.22. The van der Waals surface area contributed by atoms with Gasteiger partial charge in [-0.15, -0.1) is 11.3 Å². The lowest BCUT2D eigenvalue weighted by Gasteiger charge is -2.11. The van der Waals surface area contributed by atoms with E-state index in [0.717, 1.165) is 29.3 Å². The molecule has 0 bridgehead atoms. The third-order valence-corrected chi connectivity index (χ3v) is 6.19. The molecule has 4 rings (SSSR count). The van der Waals surface area contributed by atoms with Crippen LogP contribution in [0.4, 0.5) is 0 Å². The number of para-hydroxylation sites is 1. The summed E-state index contributed by atoms with van der Waals surface area (Å²) in [5.41, 5.74) is 5.94. The van der Waals surface area contributed by atoms with Gasteiger partial charge in [-0.05, 0) is 38.5 Å². The van der Waals surface area contributed by atoms with Gasteiger partial charge < -0.3 is 5.32 Å². The number of aryl methyl sites for hydroxylation is 1. The highest BCUT2D eigenvalue weighted by Crippen LogP contribution is 2.26. The maximum Gasteiger partial charge on any atom is 0.111 e. The SMILES string of the molecule is Cc1nn(Cc2ccccc2)c(C)c1CNC(C)c1nc2ccccc2s1. The summed E-state index contributed by atoms with van der Waals surface area (Å²) in [5.74, 6) is 0. The Balaban J connectivity index is 1.47. The van der Waals surface area contributed by atoms with E-state index in [1.165, 1.54) is 21.5 Å². The fraction of sp³-hybridized carbons (Fsp3) is 0.273. The van der Waals surface area contributed by atoms with E-state index < -0.39 is 0 Å². The smallest absolute Gasteiger partial charge is 0.111 e. The first kappa shape index (κ1) is 17.9. The van der Waals surface area contributed by atoms with Crippen molar-refractivity contribution in [2.75, 3.05) is 0 Å². The Morgan fingerprint density at radius 1 is 1.04 bits per heavy atom. The average molecular weight is 377 g/mol. The molecule has 2 aromatic carbocycles. The molecule has 138 valence electrons. The van der Waals surface area contributed by atoms with Crippen molar-refractivity contribution < 1.29 is 0 Å². The van der Waals surface area contributed by atoms with Crippen LogP contribution >= 0.6 is 11.3 Å². The summed E-state index contributed by atoms with van der Waals surface area (Å²) in [6, 6.07) is 19.0. The number of benzene rings is 2. The largest absolute Gasteiger partial charge is 0.304 e. The molecular formula is C22H24N4S. The van der Waals surface area contributed by atoms with Gasteiger partial charge in [-0.3, -0.25) is 4.68 Å². The van der Waals surface area contributed by atoms with Crippen molar-refractivity contribution in [3.05, 3.63) is 82.1 Å². The van der Waals surface area contributed by atoms with Crippen molar-refractivity contribution in [1.29, 1.82) is 0 Å². The van der Waals surface area contributed by atoms with Crippen molar-refractivity contribution in [1.82, 2.24) is 20.1 Å². The van der Waals surface area contributed by atoms with Gasteiger partial charge in [0, 0.05) is 17.8 Å². The Bertz CT molecular complexity index is 1020. The van der Waals surface area contributed by atoms with Gasteiger partial charge in [-0.25, -0.2) is 4.98 Å². The molecule has 0 fully saturated rings. The maximum absolute atomic E-state index is 4.77. The van der Waals surface area contributed by atoms with Crippen molar-refractivity contribution >= 4 is 21.6 Å². The first-order valence-corrected chi connectivity index (χ1v) is 10.1. The van der Waals surface area contributed by atoms with Gasteiger partial charge in [-0.1, -0.05) is 42.5 Å². The van der Waals surface area contributed by atoms with Crippen LogP contribution in [0.25, 0.3) is 10.2 Å². The summed E-state index contributed by atoms with van der Waals surface area (Å²) in [7, 11) is 0. The van der Waals surface area contributed by atoms with Crippen molar-refractivity contribution in [2.24, 2.45) is 0 Å². The second kappa shape index (κ2) is 7.62. The number of thiazole rings is 1. The maximum atomic E-state index is 4.77. The lowest BCUT2D eigenvalue weighted by molar-refractivity contribution is 0.569. The van der Waals surface area contributed by atoms with Gasteiger partial charge in [0.15, 0.2) is 0 Å². The quantitative estimate of drug-likeness (QED) is 0.514. The van der Waals surface area contributed by atoms with Gasteiger partial charge in [0.05, 0.1) is 28.5 Å². The monoisotopic (exact) mass is 376 g/mol. The highest BCUT2D eigenvalue weighted by molar-refractivity contribution is 7.18. The number of hydrogen-bond donors (Lipinski definition) is 1. The van der Waals surface area contributed by atoms with Crippen LogP contribution in [0.15, 0.2) is 54.6 Å². The number of nitrogens with zero attached hydrogens (tertiary/aromatic N) is 3. The summed E-state index contributed by atoms with van der Waals surface area (Å²) in [6.45, 7) is 8.03. The van der Waals surface area contributed by atoms with E-state index in [0.29, 0.717) is 0 Å². The fourth-order valence-electron chi connectivity index (χ4n) is 3.32. The highest BCUT2D eigenvalue weighted by Gasteiger charge is 2.15. The second-order valence-electron chi connectivity index (χ2n) is 6.92. The molecular weight excluding hydrogens is 352 g/mol. The third-order valence-electron chi connectivity index (χ3n) is 4.97. The van der Waals surface area contributed by atoms with Gasteiger partial charge in [0.25, 0.3) is 0 Å². The molecule has 0 aliphatic carbocycles. The van der Waals surface area contributed by atoms with Gasteiger partial charge in [-0.2, -0.15) is 5.10 Å². The molecule has 0 aliphatic rings. The molecule has 1 unspecified atom stereocenters.